The van der Waals surface area contributed by atoms with E-state index in [9.17, 15) is 5.11 Å². The number of likely N-dealkylation sites (N-methyl/N-ethyl adjacent to an activating group) is 1. The zero-order valence-corrected chi connectivity index (χ0v) is 12.6. The van der Waals surface area contributed by atoms with Crippen LogP contribution in [0.3, 0.4) is 0 Å². The summed E-state index contributed by atoms with van der Waals surface area (Å²) in [6, 6.07) is 0.915. The van der Waals surface area contributed by atoms with Crippen LogP contribution >= 0.6 is 0 Å². The lowest BCUT2D eigenvalue weighted by Gasteiger charge is -2.22. The molecule has 0 spiro atoms. The van der Waals surface area contributed by atoms with E-state index < -0.39 is 0 Å². The van der Waals surface area contributed by atoms with Crippen LogP contribution in [0.1, 0.15) is 33.1 Å². The summed E-state index contributed by atoms with van der Waals surface area (Å²) in [5, 5.41) is 13.4. The van der Waals surface area contributed by atoms with Crippen LogP contribution < -0.4 is 5.32 Å². The van der Waals surface area contributed by atoms with Gasteiger partial charge in [-0.1, -0.05) is 13.8 Å². The molecule has 2 rings (SSSR count). The molecule has 0 bridgehead atoms. The van der Waals surface area contributed by atoms with Gasteiger partial charge in [-0.3, -0.25) is 0 Å². The van der Waals surface area contributed by atoms with Crippen LogP contribution in [-0.4, -0.2) is 72.9 Å². The summed E-state index contributed by atoms with van der Waals surface area (Å²) < 4.78 is 0. The summed E-state index contributed by atoms with van der Waals surface area (Å²) in [4.78, 5) is 4.93. The minimum absolute atomic E-state index is 0.235. The number of hydrogen-bond donors (Lipinski definition) is 2. The fraction of sp³-hybridized carbons (Fsp3) is 1.00. The van der Waals surface area contributed by atoms with Crippen molar-refractivity contribution >= 4 is 0 Å². The molecule has 2 unspecified atom stereocenters. The highest BCUT2D eigenvalue weighted by molar-refractivity contribution is 4.90. The summed E-state index contributed by atoms with van der Waals surface area (Å²) in [5.74, 6) is 0.793. The Kier molecular flexibility index (Phi) is 6.07. The average molecular weight is 269 g/mol. The largest absolute Gasteiger partial charge is 0.390 e. The number of aliphatic hydroxyl groups is 1. The van der Waals surface area contributed by atoms with Gasteiger partial charge in [0.2, 0.25) is 0 Å². The van der Waals surface area contributed by atoms with Gasteiger partial charge in [-0.05, 0) is 51.4 Å². The number of aliphatic hydroxyl groups excluding tert-OH is 1. The molecule has 2 N–H and O–H groups in total. The summed E-state index contributed by atoms with van der Waals surface area (Å²) in [5.41, 5.74) is 0. The molecular weight excluding hydrogens is 238 g/mol. The number of nitrogens with one attached hydrogen (secondary N) is 1. The van der Waals surface area contributed by atoms with Crippen molar-refractivity contribution in [1.29, 1.82) is 0 Å². The number of nitrogens with zero attached hydrogens (tertiary/aromatic N) is 2. The highest BCUT2D eigenvalue weighted by Gasteiger charge is 2.34. The lowest BCUT2D eigenvalue weighted by Crippen LogP contribution is -2.39. The molecule has 4 nitrogen and oxygen atoms in total. The second-order valence-corrected chi connectivity index (χ2v) is 6.18. The van der Waals surface area contributed by atoms with E-state index >= 15 is 0 Å². The SMILES string of the molecule is CCN(CC)CC(O)CNCC1CCN(C2CC2)C1. The first-order chi connectivity index (χ1) is 9.22. The zero-order valence-electron chi connectivity index (χ0n) is 12.6. The molecule has 19 heavy (non-hydrogen) atoms. The summed E-state index contributed by atoms with van der Waals surface area (Å²) in [6.07, 6.45) is 3.93. The third-order valence-electron chi connectivity index (χ3n) is 4.56. The van der Waals surface area contributed by atoms with E-state index in [1.54, 1.807) is 0 Å². The van der Waals surface area contributed by atoms with Gasteiger partial charge in [0.05, 0.1) is 6.10 Å². The molecule has 1 heterocycles. The van der Waals surface area contributed by atoms with E-state index in [0.29, 0.717) is 0 Å². The van der Waals surface area contributed by atoms with Gasteiger partial charge >= 0.3 is 0 Å². The molecule has 1 saturated carbocycles. The van der Waals surface area contributed by atoms with Crippen molar-refractivity contribution in [2.75, 3.05) is 45.8 Å². The Bertz CT molecular complexity index is 254. The van der Waals surface area contributed by atoms with Crippen LogP contribution in [0.2, 0.25) is 0 Å². The molecule has 1 aliphatic heterocycles. The molecule has 0 radical (unpaired) electrons. The molecule has 0 aromatic heterocycles. The molecule has 0 aromatic carbocycles. The van der Waals surface area contributed by atoms with Crippen LogP contribution in [0, 0.1) is 5.92 Å². The van der Waals surface area contributed by atoms with E-state index in [-0.39, 0.29) is 6.10 Å². The predicted molar refractivity (Wildman–Crippen MR) is 79.4 cm³/mol. The van der Waals surface area contributed by atoms with Crippen LogP contribution in [-0.2, 0) is 0 Å². The molecule has 0 amide bonds. The first-order valence-corrected chi connectivity index (χ1v) is 8.08. The van der Waals surface area contributed by atoms with Crippen molar-refractivity contribution in [2.24, 2.45) is 5.92 Å². The monoisotopic (exact) mass is 269 g/mol. The second-order valence-electron chi connectivity index (χ2n) is 6.18. The fourth-order valence-corrected chi connectivity index (χ4v) is 3.10. The molecule has 0 aromatic rings. The van der Waals surface area contributed by atoms with Crippen molar-refractivity contribution in [3.63, 3.8) is 0 Å². The molecule has 2 atom stereocenters. The topological polar surface area (TPSA) is 38.7 Å². The lowest BCUT2D eigenvalue weighted by atomic mass is 10.1. The summed E-state index contributed by atoms with van der Waals surface area (Å²) >= 11 is 0. The molecule has 4 heteroatoms. The Labute approximate surface area is 118 Å². The Balaban J connectivity index is 1.53. The number of hydrogen-bond acceptors (Lipinski definition) is 4. The molecular formula is C15H31N3O. The van der Waals surface area contributed by atoms with Crippen molar-refractivity contribution in [3.8, 4) is 0 Å². The highest BCUT2D eigenvalue weighted by atomic mass is 16.3. The van der Waals surface area contributed by atoms with Gasteiger partial charge in [0.25, 0.3) is 0 Å². The second kappa shape index (κ2) is 7.58. The predicted octanol–water partition coefficient (Wildman–Crippen LogP) is 0.763. The minimum atomic E-state index is -0.235. The summed E-state index contributed by atoms with van der Waals surface area (Å²) in [6.45, 7) is 11.5. The van der Waals surface area contributed by atoms with Gasteiger partial charge in [-0.15, -0.1) is 0 Å². The summed E-state index contributed by atoms with van der Waals surface area (Å²) in [7, 11) is 0. The first-order valence-electron chi connectivity index (χ1n) is 8.08. The van der Waals surface area contributed by atoms with Crippen molar-refractivity contribution in [2.45, 2.75) is 45.3 Å². The quantitative estimate of drug-likeness (QED) is 0.648. The normalized spacial score (nSPS) is 26.2. The fourth-order valence-electron chi connectivity index (χ4n) is 3.10. The maximum Gasteiger partial charge on any atom is 0.0791 e. The van der Waals surface area contributed by atoms with E-state index in [1.807, 2.05) is 0 Å². The average Bonchev–Trinajstić information content (AvgIpc) is 3.16. The van der Waals surface area contributed by atoms with Gasteiger partial charge in [0.15, 0.2) is 0 Å². The molecule has 2 fully saturated rings. The molecule has 1 aliphatic carbocycles. The van der Waals surface area contributed by atoms with Gasteiger partial charge in [-0.25, -0.2) is 0 Å². The maximum atomic E-state index is 9.99. The van der Waals surface area contributed by atoms with E-state index in [4.69, 9.17) is 0 Å². The van der Waals surface area contributed by atoms with E-state index in [0.717, 1.165) is 44.7 Å². The van der Waals surface area contributed by atoms with Crippen LogP contribution in [0.15, 0.2) is 0 Å². The Morgan fingerprint density at radius 2 is 2.00 bits per heavy atom. The molecule has 2 aliphatic rings. The third-order valence-corrected chi connectivity index (χ3v) is 4.56. The van der Waals surface area contributed by atoms with E-state index in [1.165, 1.54) is 32.4 Å². The van der Waals surface area contributed by atoms with E-state index in [2.05, 4.69) is 29.0 Å². The van der Waals surface area contributed by atoms with Gasteiger partial charge in [0.1, 0.15) is 0 Å². The van der Waals surface area contributed by atoms with Crippen molar-refractivity contribution in [3.05, 3.63) is 0 Å². The smallest absolute Gasteiger partial charge is 0.0791 e. The Morgan fingerprint density at radius 1 is 1.26 bits per heavy atom. The zero-order chi connectivity index (χ0) is 13.7. The number of likely N-dealkylation sites (tertiary alicyclic amines) is 1. The van der Waals surface area contributed by atoms with Gasteiger partial charge < -0.3 is 20.2 Å². The maximum absolute atomic E-state index is 9.99. The Hall–Kier alpha value is -0.160. The first kappa shape index (κ1) is 15.2. The van der Waals surface area contributed by atoms with Gasteiger partial charge in [-0.2, -0.15) is 0 Å². The standard InChI is InChI=1S/C15H31N3O/c1-3-17(4-2)12-15(19)10-16-9-13-7-8-18(11-13)14-5-6-14/h13-16,19H,3-12H2,1-2H3. The van der Waals surface area contributed by atoms with Crippen LogP contribution in [0.5, 0.6) is 0 Å². The van der Waals surface area contributed by atoms with Crippen LogP contribution in [0.4, 0.5) is 0 Å². The molecule has 1 saturated heterocycles. The van der Waals surface area contributed by atoms with Crippen molar-refractivity contribution < 1.29 is 5.11 Å². The lowest BCUT2D eigenvalue weighted by molar-refractivity contribution is 0.116. The number of rotatable bonds is 9. The third kappa shape index (κ3) is 5.03. The minimum Gasteiger partial charge on any atom is -0.390 e. The highest BCUT2D eigenvalue weighted by Crippen LogP contribution is 2.31. The van der Waals surface area contributed by atoms with Crippen LogP contribution in [0.25, 0.3) is 0 Å². The Morgan fingerprint density at radius 3 is 2.63 bits per heavy atom. The van der Waals surface area contributed by atoms with Gasteiger partial charge in [0, 0.05) is 25.7 Å². The van der Waals surface area contributed by atoms with Crippen molar-refractivity contribution in [1.82, 2.24) is 15.1 Å². The molecule has 112 valence electrons.